The molecule has 0 unspecified atom stereocenters. The smallest absolute Gasteiger partial charge is 0.252 e. The van der Waals surface area contributed by atoms with Crippen LogP contribution in [0.1, 0.15) is 13.8 Å². The van der Waals surface area contributed by atoms with Crippen molar-refractivity contribution in [2.75, 3.05) is 46.3 Å². The number of piperazine rings is 1. The first-order valence-corrected chi connectivity index (χ1v) is 10.6. The molecule has 0 N–H and O–H groups in total. The Balaban J connectivity index is 1.90. The zero-order valence-electron chi connectivity index (χ0n) is 14.2. The van der Waals surface area contributed by atoms with Gasteiger partial charge in [-0.3, -0.25) is 9.69 Å². The van der Waals surface area contributed by atoms with Gasteiger partial charge in [-0.15, -0.1) is 11.3 Å². The lowest BCUT2D eigenvalue weighted by Crippen LogP contribution is -2.51. The Morgan fingerprint density at radius 2 is 1.92 bits per heavy atom. The molecule has 24 heavy (non-hydrogen) atoms. The largest absolute Gasteiger partial charge is 0.339 e. The Kier molecular flexibility index (Phi) is 6.66. The predicted octanol–water partition coefficient (Wildman–Crippen LogP) is 1.82. The van der Waals surface area contributed by atoms with Crippen LogP contribution in [0.2, 0.25) is 4.34 Å². The molecule has 136 valence electrons. The van der Waals surface area contributed by atoms with Crippen molar-refractivity contribution in [2.45, 2.75) is 18.1 Å². The van der Waals surface area contributed by atoms with Gasteiger partial charge in [0.25, 0.3) is 10.0 Å². The monoisotopic (exact) mass is 393 g/mol. The molecule has 2 rings (SSSR count). The number of rotatable bonds is 6. The van der Waals surface area contributed by atoms with Crippen molar-refractivity contribution in [1.29, 1.82) is 0 Å². The van der Waals surface area contributed by atoms with E-state index in [1.54, 1.807) is 11.0 Å². The molecule has 1 fully saturated rings. The minimum atomic E-state index is -3.67. The van der Waals surface area contributed by atoms with Gasteiger partial charge in [0.05, 0.1) is 10.9 Å². The topological polar surface area (TPSA) is 60.9 Å². The predicted molar refractivity (Wildman–Crippen MR) is 97.0 cm³/mol. The molecule has 0 spiro atoms. The Morgan fingerprint density at radius 3 is 2.42 bits per heavy atom. The van der Waals surface area contributed by atoms with E-state index in [0.717, 1.165) is 35.3 Å². The number of halogens is 1. The molecule has 0 radical (unpaired) electrons. The number of sulfonamides is 1. The summed E-state index contributed by atoms with van der Waals surface area (Å²) >= 11 is 6.80. The molecule has 1 saturated heterocycles. The lowest BCUT2D eigenvalue weighted by atomic mass is 10.2. The summed E-state index contributed by atoms with van der Waals surface area (Å²) in [6.07, 6.45) is 0. The normalized spacial score (nSPS) is 17.0. The van der Waals surface area contributed by atoms with Gasteiger partial charge in [-0.25, -0.2) is 8.42 Å². The highest BCUT2D eigenvalue weighted by Gasteiger charge is 2.28. The summed E-state index contributed by atoms with van der Waals surface area (Å²) in [6.45, 7) is 8.18. The number of carbonyl (C=O) groups excluding carboxylic acids is 1. The van der Waals surface area contributed by atoms with Crippen molar-refractivity contribution >= 4 is 38.9 Å². The number of amides is 1. The summed E-state index contributed by atoms with van der Waals surface area (Å²) in [5.74, 6) is 0.439. The van der Waals surface area contributed by atoms with Crippen molar-refractivity contribution in [3.63, 3.8) is 0 Å². The standard InChI is InChI=1S/C15H24ClN3O3S2/c1-12(2)10-18-6-8-19(9-7-18)14(20)11-17(3)24(21,22)15-5-4-13(16)23-15/h4-5,12H,6-11H2,1-3H3. The highest BCUT2D eigenvalue weighted by Crippen LogP contribution is 2.27. The zero-order chi connectivity index (χ0) is 17.9. The van der Waals surface area contributed by atoms with E-state index in [1.165, 1.54) is 13.1 Å². The van der Waals surface area contributed by atoms with Crippen molar-refractivity contribution in [1.82, 2.24) is 14.1 Å². The molecule has 0 aliphatic carbocycles. The molecule has 0 atom stereocenters. The molecule has 9 heteroatoms. The molecule has 2 heterocycles. The number of carbonyl (C=O) groups is 1. The van der Waals surface area contributed by atoms with Gasteiger partial charge in [0.1, 0.15) is 4.21 Å². The zero-order valence-corrected chi connectivity index (χ0v) is 16.6. The molecule has 0 aromatic carbocycles. The van der Waals surface area contributed by atoms with Crippen LogP contribution in [0.3, 0.4) is 0 Å². The Bertz CT molecular complexity index is 667. The summed E-state index contributed by atoms with van der Waals surface area (Å²) in [5.41, 5.74) is 0. The maximum atomic E-state index is 12.4. The molecule has 6 nitrogen and oxygen atoms in total. The van der Waals surface area contributed by atoms with Crippen LogP contribution in [-0.4, -0.2) is 74.7 Å². The van der Waals surface area contributed by atoms with Crippen LogP contribution in [0.5, 0.6) is 0 Å². The van der Waals surface area contributed by atoms with Crippen LogP contribution >= 0.6 is 22.9 Å². The molecule has 1 amide bonds. The molecule has 1 aliphatic heterocycles. The van der Waals surface area contributed by atoms with Gasteiger partial charge in [-0.05, 0) is 18.1 Å². The van der Waals surface area contributed by atoms with Crippen LogP contribution in [0.4, 0.5) is 0 Å². The van der Waals surface area contributed by atoms with Gasteiger partial charge >= 0.3 is 0 Å². The second-order valence-electron chi connectivity index (χ2n) is 6.39. The number of hydrogen-bond donors (Lipinski definition) is 0. The minimum Gasteiger partial charge on any atom is -0.339 e. The van der Waals surface area contributed by atoms with Crippen LogP contribution in [0.15, 0.2) is 16.3 Å². The van der Waals surface area contributed by atoms with Crippen LogP contribution in [-0.2, 0) is 14.8 Å². The average Bonchev–Trinajstić information content (AvgIpc) is 2.94. The highest BCUT2D eigenvalue weighted by atomic mass is 35.5. The van der Waals surface area contributed by atoms with E-state index in [4.69, 9.17) is 11.6 Å². The van der Waals surface area contributed by atoms with Crippen LogP contribution < -0.4 is 0 Å². The molecule has 0 bridgehead atoms. The fraction of sp³-hybridized carbons (Fsp3) is 0.667. The minimum absolute atomic E-state index is 0.151. The third-order valence-corrected chi connectivity index (χ3v) is 7.42. The quantitative estimate of drug-likeness (QED) is 0.739. The molecule has 0 saturated carbocycles. The van der Waals surface area contributed by atoms with Crippen molar-refractivity contribution in [3.8, 4) is 0 Å². The first-order chi connectivity index (χ1) is 11.2. The van der Waals surface area contributed by atoms with E-state index in [0.29, 0.717) is 23.3 Å². The van der Waals surface area contributed by atoms with E-state index in [2.05, 4.69) is 18.7 Å². The van der Waals surface area contributed by atoms with E-state index in [1.807, 2.05) is 0 Å². The Hall–Kier alpha value is -0.670. The summed E-state index contributed by atoms with van der Waals surface area (Å²) in [6, 6.07) is 3.01. The number of hydrogen-bond acceptors (Lipinski definition) is 5. The van der Waals surface area contributed by atoms with E-state index >= 15 is 0 Å². The average molecular weight is 394 g/mol. The summed E-state index contributed by atoms with van der Waals surface area (Å²) in [4.78, 5) is 16.5. The fourth-order valence-electron chi connectivity index (χ4n) is 2.66. The molecular weight excluding hydrogens is 370 g/mol. The Morgan fingerprint density at radius 1 is 1.29 bits per heavy atom. The second-order valence-corrected chi connectivity index (χ2v) is 10.4. The summed E-state index contributed by atoms with van der Waals surface area (Å²) in [5, 5.41) is 0. The van der Waals surface area contributed by atoms with Crippen LogP contribution in [0.25, 0.3) is 0 Å². The first kappa shape index (κ1) is 19.7. The lowest BCUT2D eigenvalue weighted by Gasteiger charge is -2.36. The molecule has 1 aromatic rings. The van der Waals surface area contributed by atoms with Gasteiger partial charge in [0.2, 0.25) is 5.91 Å². The van der Waals surface area contributed by atoms with Crippen molar-refractivity contribution in [3.05, 3.63) is 16.5 Å². The van der Waals surface area contributed by atoms with Gasteiger partial charge in [-0.2, -0.15) is 4.31 Å². The second kappa shape index (κ2) is 8.14. The van der Waals surface area contributed by atoms with Crippen LogP contribution in [0, 0.1) is 5.92 Å². The summed E-state index contributed by atoms with van der Waals surface area (Å²) < 4.78 is 26.5. The third-order valence-electron chi connectivity index (χ3n) is 3.92. The van der Waals surface area contributed by atoms with Gasteiger partial charge < -0.3 is 4.90 Å². The summed E-state index contributed by atoms with van der Waals surface area (Å²) in [7, 11) is -2.24. The number of likely N-dealkylation sites (N-methyl/N-ethyl adjacent to an activating group) is 1. The van der Waals surface area contributed by atoms with Gasteiger partial charge in [0.15, 0.2) is 0 Å². The number of thiophene rings is 1. The molecule has 1 aromatic heterocycles. The van der Waals surface area contributed by atoms with E-state index in [-0.39, 0.29) is 16.7 Å². The highest BCUT2D eigenvalue weighted by molar-refractivity contribution is 7.91. The van der Waals surface area contributed by atoms with E-state index < -0.39 is 10.0 Å². The number of nitrogens with zero attached hydrogens (tertiary/aromatic N) is 3. The molecule has 1 aliphatic rings. The fourth-order valence-corrected chi connectivity index (χ4v) is 5.48. The van der Waals surface area contributed by atoms with Crippen molar-refractivity contribution < 1.29 is 13.2 Å². The molecular formula is C15H24ClN3O3S2. The van der Waals surface area contributed by atoms with E-state index in [9.17, 15) is 13.2 Å². The third kappa shape index (κ3) is 4.92. The van der Waals surface area contributed by atoms with Crippen molar-refractivity contribution in [2.24, 2.45) is 5.92 Å². The maximum absolute atomic E-state index is 12.4. The maximum Gasteiger partial charge on any atom is 0.252 e. The first-order valence-electron chi connectivity index (χ1n) is 7.92. The van der Waals surface area contributed by atoms with Gasteiger partial charge in [-0.1, -0.05) is 25.4 Å². The SMILES string of the molecule is CC(C)CN1CCN(C(=O)CN(C)S(=O)(=O)c2ccc(Cl)s2)CC1. The van der Waals surface area contributed by atoms with Gasteiger partial charge in [0, 0.05) is 39.8 Å². The Labute approximate surface area is 153 Å². The lowest BCUT2D eigenvalue weighted by molar-refractivity contribution is -0.133.